The fourth-order valence-corrected chi connectivity index (χ4v) is 10.9. The van der Waals surface area contributed by atoms with E-state index in [2.05, 4.69) is 4.52 Å². The normalized spacial score (nSPS) is 18.3. The van der Waals surface area contributed by atoms with Gasteiger partial charge in [-0.1, -0.05) is 18.2 Å². The summed E-state index contributed by atoms with van der Waals surface area (Å²) in [4.78, 5) is 11.9. The summed E-state index contributed by atoms with van der Waals surface area (Å²) >= 11 is 0. The first-order chi connectivity index (χ1) is 25.9. The summed E-state index contributed by atoms with van der Waals surface area (Å²) in [5.41, 5.74) is -3.51. The van der Waals surface area contributed by atoms with Gasteiger partial charge < -0.3 is 23.2 Å². The van der Waals surface area contributed by atoms with Crippen molar-refractivity contribution in [2.75, 3.05) is 0 Å². The van der Waals surface area contributed by atoms with Gasteiger partial charge in [0.25, 0.3) is 0 Å². The van der Waals surface area contributed by atoms with Crippen LogP contribution in [0.25, 0.3) is 0 Å². The lowest BCUT2D eigenvalue weighted by Crippen LogP contribution is -2.33. The van der Waals surface area contributed by atoms with Crippen LogP contribution in [0.5, 0.6) is 28.7 Å². The topological polar surface area (TPSA) is 65.0 Å². The van der Waals surface area contributed by atoms with Crippen LogP contribution < -0.4 is 23.2 Å². The van der Waals surface area contributed by atoms with Crippen molar-refractivity contribution in [3.8, 4) is 28.7 Å². The highest BCUT2D eigenvalue weighted by molar-refractivity contribution is 7.74. The second kappa shape index (κ2) is 16.2. The first kappa shape index (κ1) is 40.0. The molecule has 0 saturated carbocycles. The Morgan fingerprint density at radius 2 is 0.927 bits per heavy atom. The number of hydrogen-bond donors (Lipinski definition) is 0. The van der Waals surface area contributed by atoms with Crippen LogP contribution in [-0.4, -0.2) is 9.21 Å². The van der Waals surface area contributed by atoms with E-state index in [1.807, 2.05) is 0 Å². The van der Waals surface area contributed by atoms with Gasteiger partial charge in [0.1, 0.15) is 40.4 Å². The maximum atomic E-state index is 13.9. The van der Waals surface area contributed by atoms with Gasteiger partial charge in [0.2, 0.25) is 8.09 Å². The smallest absolute Gasteiger partial charge is 0.416 e. The zero-order valence-electron chi connectivity index (χ0n) is 27.0. The van der Waals surface area contributed by atoms with Crippen LogP contribution in [0.15, 0.2) is 126 Å². The standard InChI is InChI=1S/C33H21F11N3O5P3/c34-24-10-14-26(15-11-24)48-46-53(50-27-16-12-25(35)13-17-27)45-54(51-29-8-2-5-22(19-29)32(39,40)41)47(49-28-7-1-4-21(18-28)31(36,37)38)55(46)52-30-9-3-6-23(20-30)33(42,43)44/h1-20,53H. The van der Waals surface area contributed by atoms with Crippen molar-refractivity contribution in [1.29, 1.82) is 0 Å². The molecule has 0 saturated heterocycles. The minimum atomic E-state index is -4.87. The Hall–Kier alpha value is -4.66. The van der Waals surface area contributed by atoms with Gasteiger partial charge in [0, 0.05) is 9.21 Å². The highest BCUT2D eigenvalue weighted by atomic mass is 31.3. The van der Waals surface area contributed by atoms with Gasteiger partial charge >= 0.3 is 35.4 Å². The lowest BCUT2D eigenvalue weighted by molar-refractivity contribution is -0.138. The van der Waals surface area contributed by atoms with Crippen LogP contribution >= 0.6 is 25.0 Å². The Morgan fingerprint density at radius 3 is 1.42 bits per heavy atom. The molecule has 0 N–H and O–H groups in total. The van der Waals surface area contributed by atoms with Gasteiger partial charge in [-0.2, -0.15) is 44.0 Å². The van der Waals surface area contributed by atoms with Crippen LogP contribution in [0.4, 0.5) is 48.3 Å². The zero-order valence-corrected chi connectivity index (χ0v) is 29.8. The van der Waals surface area contributed by atoms with Crippen molar-refractivity contribution >= 4 is 25.0 Å². The van der Waals surface area contributed by atoms with E-state index in [0.717, 1.165) is 95.6 Å². The van der Waals surface area contributed by atoms with E-state index in [-0.39, 0.29) is 11.5 Å². The number of nitrogens with zero attached hydrogens (tertiary/aromatic N) is 3. The molecule has 0 amide bonds. The number of hydrogen-bond acceptors (Lipinski definition) is 8. The third-order valence-corrected chi connectivity index (χ3v) is 12.9. The van der Waals surface area contributed by atoms with Crippen molar-refractivity contribution in [2.45, 2.75) is 18.5 Å². The van der Waals surface area contributed by atoms with Crippen LogP contribution in [0.1, 0.15) is 16.7 Å². The summed E-state index contributed by atoms with van der Waals surface area (Å²) in [6.07, 6.45) is -14.6. The predicted octanol–water partition coefficient (Wildman–Crippen LogP) is 12.8. The Balaban J connectivity index is 1.54. The first-order valence-electron chi connectivity index (χ1n) is 15.1. The Morgan fingerprint density at radius 1 is 0.491 bits per heavy atom. The van der Waals surface area contributed by atoms with Crippen molar-refractivity contribution in [3.63, 3.8) is 0 Å². The molecule has 1 aliphatic rings. The highest BCUT2D eigenvalue weighted by Crippen LogP contribution is 2.71. The lowest BCUT2D eigenvalue weighted by atomic mass is 10.2. The summed E-state index contributed by atoms with van der Waals surface area (Å²) in [6.45, 7) is 0. The summed E-state index contributed by atoms with van der Waals surface area (Å²) < 4.78 is 176. The number of benzene rings is 5. The molecular formula is C33H21F11N3O5P3. The quantitative estimate of drug-likeness (QED) is 0.102. The third-order valence-electron chi connectivity index (χ3n) is 6.86. The van der Waals surface area contributed by atoms with Crippen molar-refractivity contribution < 1.29 is 71.5 Å². The predicted molar refractivity (Wildman–Crippen MR) is 179 cm³/mol. The number of rotatable bonds is 10. The van der Waals surface area contributed by atoms with Crippen LogP contribution in [-0.2, 0) is 18.5 Å². The summed E-state index contributed by atoms with van der Waals surface area (Å²) in [6, 6.07) is 18.8. The molecule has 55 heavy (non-hydrogen) atoms. The Labute approximate surface area is 307 Å². The molecule has 5 aromatic carbocycles. The summed E-state index contributed by atoms with van der Waals surface area (Å²) in [7, 11) is -9.15. The lowest BCUT2D eigenvalue weighted by Gasteiger charge is -2.40. The summed E-state index contributed by atoms with van der Waals surface area (Å²) in [5, 5.41) is 0. The molecule has 0 fully saturated rings. The fraction of sp³-hybridized carbons (Fsp3) is 0.0909. The van der Waals surface area contributed by atoms with E-state index in [9.17, 15) is 48.3 Å². The molecule has 290 valence electrons. The molecular weight excluding hydrogens is 820 g/mol. The van der Waals surface area contributed by atoms with Crippen LogP contribution in [0.3, 0.4) is 0 Å². The minimum Gasteiger partial charge on any atom is -0.446 e. The van der Waals surface area contributed by atoms with Crippen LogP contribution in [0, 0.1) is 11.6 Å². The first-order valence-corrected chi connectivity index (χ1v) is 18.8. The molecule has 22 heteroatoms. The average molecular weight is 841 g/mol. The average Bonchev–Trinajstić information content (AvgIpc) is 3.12. The fourth-order valence-electron chi connectivity index (χ4n) is 4.36. The zero-order chi connectivity index (χ0) is 39.5. The van der Waals surface area contributed by atoms with Gasteiger partial charge in [-0.05, 0) is 103 Å². The van der Waals surface area contributed by atoms with Gasteiger partial charge in [0.15, 0.2) is 0 Å². The van der Waals surface area contributed by atoms with Crippen molar-refractivity contribution in [3.05, 3.63) is 150 Å². The second-order valence-corrected chi connectivity index (χ2v) is 16.0. The van der Waals surface area contributed by atoms with Gasteiger partial charge in [-0.15, -0.1) is 0 Å². The molecule has 8 nitrogen and oxygen atoms in total. The highest BCUT2D eigenvalue weighted by Gasteiger charge is 2.49. The van der Waals surface area contributed by atoms with Crippen molar-refractivity contribution in [1.82, 2.24) is 9.21 Å². The maximum absolute atomic E-state index is 13.9. The van der Waals surface area contributed by atoms with Crippen LogP contribution in [0.2, 0.25) is 0 Å². The molecule has 5 aromatic rings. The summed E-state index contributed by atoms with van der Waals surface area (Å²) in [5.74, 6) is -3.05. The molecule has 0 spiro atoms. The van der Waals surface area contributed by atoms with E-state index in [1.54, 1.807) is 0 Å². The molecule has 0 bridgehead atoms. The molecule has 0 aliphatic carbocycles. The molecule has 3 unspecified atom stereocenters. The van der Waals surface area contributed by atoms with Gasteiger partial charge in [-0.25, -0.2) is 8.78 Å². The molecule has 0 aromatic heterocycles. The van der Waals surface area contributed by atoms with Gasteiger partial charge in [-0.3, -0.25) is 0 Å². The van der Waals surface area contributed by atoms with E-state index < -0.39 is 89.1 Å². The molecule has 1 aliphatic heterocycles. The van der Waals surface area contributed by atoms with E-state index in [4.69, 9.17) is 23.2 Å². The molecule has 3 atom stereocenters. The SMILES string of the molecule is Fc1ccc(ON2P(Oc3cccc(C(F)(F)F)c3)N(Oc3cccc(C(F)(F)F)c3)P(Oc3cccc(C(F)(F)F)c3)N=[PH]2Oc2ccc(F)cc2)cc1. The van der Waals surface area contributed by atoms with E-state index in [0.29, 0.717) is 22.8 Å². The second-order valence-electron chi connectivity index (χ2n) is 10.9. The van der Waals surface area contributed by atoms with E-state index in [1.165, 1.54) is 12.1 Å². The largest absolute Gasteiger partial charge is 0.446 e. The minimum absolute atomic E-state index is 0.0537. The number of alkyl halides is 9. The van der Waals surface area contributed by atoms with E-state index >= 15 is 0 Å². The monoisotopic (exact) mass is 841 g/mol. The van der Waals surface area contributed by atoms with Crippen molar-refractivity contribution in [2.24, 2.45) is 4.52 Å². The molecule has 0 radical (unpaired) electrons. The third kappa shape index (κ3) is 10.4. The Bertz CT molecular complexity index is 2140. The van der Waals surface area contributed by atoms with Gasteiger partial charge in [0.05, 0.1) is 16.7 Å². The number of halogens is 11. The molecule has 1 heterocycles. The maximum Gasteiger partial charge on any atom is 0.416 e. The Kier molecular flexibility index (Phi) is 11.8. The molecule has 6 rings (SSSR count).